The van der Waals surface area contributed by atoms with Crippen molar-refractivity contribution in [1.82, 2.24) is 9.80 Å². The number of methoxy groups -OCH3 is 2. The minimum Gasteiger partial charge on any atom is -0.497 e. The molecule has 0 bridgehead atoms. The van der Waals surface area contributed by atoms with Gasteiger partial charge in [-0.25, -0.2) is 0 Å². The predicted octanol–water partition coefficient (Wildman–Crippen LogP) is 3.08. The highest BCUT2D eigenvalue weighted by molar-refractivity contribution is 5.99. The third-order valence-electron chi connectivity index (χ3n) is 6.58. The van der Waals surface area contributed by atoms with E-state index in [1.165, 1.54) is 0 Å². The highest BCUT2D eigenvalue weighted by Gasteiger charge is 2.42. The zero-order chi connectivity index (χ0) is 23.7. The lowest BCUT2D eigenvalue weighted by Crippen LogP contribution is -2.38. The van der Waals surface area contributed by atoms with Crippen molar-refractivity contribution in [3.8, 4) is 11.5 Å². The molecule has 1 saturated heterocycles. The molecule has 1 aromatic heterocycles. The molecule has 8 nitrogen and oxygen atoms in total. The van der Waals surface area contributed by atoms with Gasteiger partial charge in [-0.05, 0) is 36.2 Å². The molecule has 0 saturated carbocycles. The number of carbonyl (C=O) groups is 1. The van der Waals surface area contributed by atoms with E-state index in [1.54, 1.807) is 37.3 Å². The Morgan fingerprint density at radius 2 is 1.65 bits per heavy atom. The van der Waals surface area contributed by atoms with Crippen molar-refractivity contribution in [3.05, 3.63) is 69.6 Å². The van der Waals surface area contributed by atoms with Crippen molar-refractivity contribution in [3.63, 3.8) is 0 Å². The van der Waals surface area contributed by atoms with Crippen LogP contribution in [0.4, 0.5) is 0 Å². The quantitative estimate of drug-likeness (QED) is 0.532. The van der Waals surface area contributed by atoms with E-state index in [9.17, 15) is 9.59 Å². The van der Waals surface area contributed by atoms with Crippen LogP contribution >= 0.6 is 0 Å². The molecule has 2 aliphatic rings. The van der Waals surface area contributed by atoms with Crippen molar-refractivity contribution in [2.75, 3.05) is 53.6 Å². The van der Waals surface area contributed by atoms with Gasteiger partial charge in [0.2, 0.25) is 5.76 Å². The van der Waals surface area contributed by atoms with Crippen LogP contribution in [0.1, 0.15) is 34.1 Å². The van der Waals surface area contributed by atoms with Gasteiger partial charge in [-0.15, -0.1) is 0 Å². The maximum atomic E-state index is 13.6. The van der Waals surface area contributed by atoms with Gasteiger partial charge in [0.1, 0.15) is 17.1 Å². The molecule has 1 amide bonds. The van der Waals surface area contributed by atoms with Gasteiger partial charge in [0, 0.05) is 32.2 Å². The number of ether oxygens (including phenoxy) is 3. The molecule has 0 spiro atoms. The highest BCUT2D eigenvalue weighted by Crippen LogP contribution is 2.39. The molecule has 0 aliphatic carbocycles. The number of benzene rings is 2. The molecule has 2 aromatic carbocycles. The number of fused-ring (bicyclic) bond motifs is 2. The lowest BCUT2D eigenvalue weighted by molar-refractivity contribution is 0.0353. The largest absolute Gasteiger partial charge is 0.497 e. The Labute approximate surface area is 197 Å². The standard InChI is InChI=1S/C26H28N2O6/c1-31-18-6-4-17(5-7-18)23-22-24(29)20-9-8-19(32-2)16-21(20)34-25(22)26(30)28(23)11-3-10-27-12-14-33-15-13-27/h4-9,16,23H,3,10-15H2,1-2H3/t23-/m1/s1. The summed E-state index contributed by atoms with van der Waals surface area (Å²) in [7, 11) is 3.16. The zero-order valence-electron chi connectivity index (χ0n) is 19.4. The minimum absolute atomic E-state index is 0.109. The SMILES string of the molecule is COc1ccc([C@@H]2c3c(oc4cc(OC)ccc4c3=O)C(=O)N2CCCN2CCOCC2)cc1. The summed E-state index contributed by atoms with van der Waals surface area (Å²) in [5.41, 5.74) is 1.39. The fourth-order valence-electron chi connectivity index (χ4n) is 4.78. The Balaban J connectivity index is 1.53. The van der Waals surface area contributed by atoms with Crippen LogP contribution in [0.3, 0.4) is 0 Å². The highest BCUT2D eigenvalue weighted by atomic mass is 16.5. The van der Waals surface area contributed by atoms with Crippen molar-refractivity contribution in [2.24, 2.45) is 0 Å². The van der Waals surface area contributed by atoms with Crippen LogP contribution in [-0.4, -0.2) is 69.3 Å². The summed E-state index contributed by atoms with van der Waals surface area (Å²) < 4.78 is 22.0. The summed E-state index contributed by atoms with van der Waals surface area (Å²) in [6.07, 6.45) is 0.786. The smallest absolute Gasteiger partial charge is 0.290 e. The van der Waals surface area contributed by atoms with Gasteiger partial charge in [0.25, 0.3) is 5.91 Å². The molecule has 34 heavy (non-hydrogen) atoms. The van der Waals surface area contributed by atoms with Gasteiger partial charge in [-0.3, -0.25) is 14.5 Å². The fraction of sp³-hybridized carbons (Fsp3) is 0.385. The normalized spacial score (nSPS) is 18.4. The van der Waals surface area contributed by atoms with Gasteiger partial charge in [-0.1, -0.05) is 12.1 Å². The third-order valence-corrected chi connectivity index (χ3v) is 6.58. The Morgan fingerprint density at radius 3 is 2.35 bits per heavy atom. The second kappa shape index (κ2) is 9.48. The molecule has 8 heteroatoms. The Morgan fingerprint density at radius 1 is 0.941 bits per heavy atom. The molecular weight excluding hydrogens is 436 g/mol. The fourth-order valence-corrected chi connectivity index (χ4v) is 4.78. The Kier molecular flexibility index (Phi) is 6.26. The second-order valence-electron chi connectivity index (χ2n) is 8.52. The molecule has 0 N–H and O–H groups in total. The molecule has 178 valence electrons. The predicted molar refractivity (Wildman–Crippen MR) is 127 cm³/mol. The van der Waals surface area contributed by atoms with E-state index < -0.39 is 6.04 Å². The van der Waals surface area contributed by atoms with Crippen molar-refractivity contribution < 1.29 is 23.4 Å². The van der Waals surface area contributed by atoms with Gasteiger partial charge >= 0.3 is 0 Å². The maximum Gasteiger partial charge on any atom is 0.290 e. The van der Waals surface area contributed by atoms with Crippen LogP contribution in [0.2, 0.25) is 0 Å². The number of carbonyl (C=O) groups excluding carboxylic acids is 1. The molecular formula is C26H28N2O6. The van der Waals surface area contributed by atoms with E-state index in [-0.39, 0.29) is 17.1 Å². The van der Waals surface area contributed by atoms with E-state index in [1.807, 2.05) is 24.3 Å². The van der Waals surface area contributed by atoms with Crippen LogP contribution in [0.15, 0.2) is 51.7 Å². The third kappa shape index (κ3) is 4.03. The van der Waals surface area contributed by atoms with Gasteiger partial charge in [0.15, 0.2) is 5.43 Å². The molecule has 3 aromatic rings. The molecule has 0 radical (unpaired) electrons. The van der Waals surface area contributed by atoms with Crippen molar-refractivity contribution in [1.29, 1.82) is 0 Å². The first kappa shape index (κ1) is 22.4. The van der Waals surface area contributed by atoms with Crippen LogP contribution in [0.5, 0.6) is 11.5 Å². The van der Waals surface area contributed by atoms with E-state index in [4.69, 9.17) is 18.6 Å². The number of nitrogens with zero attached hydrogens (tertiary/aromatic N) is 2. The van der Waals surface area contributed by atoms with E-state index >= 15 is 0 Å². The molecule has 3 heterocycles. The zero-order valence-corrected chi connectivity index (χ0v) is 19.4. The maximum absolute atomic E-state index is 13.6. The molecule has 1 atom stereocenters. The van der Waals surface area contributed by atoms with Crippen LogP contribution in [0.25, 0.3) is 11.0 Å². The number of amides is 1. The number of hydrogen-bond donors (Lipinski definition) is 0. The molecule has 5 rings (SSSR count). The van der Waals surface area contributed by atoms with Gasteiger partial charge < -0.3 is 23.5 Å². The lowest BCUT2D eigenvalue weighted by Gasteiger charge is -2.29. The number of morpholine rings is 1. The lowest BCUT2D eigenvalue weighted by atomic mass is 9.98. The number of rotatable bonds is 7. The summed E-state index contributed by atoms with van der Waals surface area (Å²) in [6, 6.07) is 12.0. The van der Waals surface area contributed by atoms with E-state index in [0.29, 0.717) is 34.6 Å². The summed E-state index contributed by atoms with van der Waals surface area (Å²) in [5.74, 6) is 1.12. The molecule has 0 unspecified atom stereocenters. The average Bonchev–Trinajstić information content (AvgIpc) is 3.16. The first-order valence-electron chi connectivity index (χ1n) is 11.5. The van der Waals surface area contributed by atoms with Crippen LogP contribution in [0, 0.1) is 0 Å². The first-order valence-corrected chi connectivity index (χ1v) is 11.5. The van der Waals surface area contributed by atoms with Crippen molar-refractivity contribution >= 4 is 16.9 Å². The minimum atomic E-state index is -0.513. The monoisotopic (exact) mass is 464 g/mol. The van der Waals surface area contributed by atoms with E-state index in [0.717, 1.165) is 44.8 Å². The first-order chi connectivity index (χ1) is 16.6. The van der Waals surface area contributed by atoms with Crippen LogP contribution < -0.4 is 14.9 Å². The van der Waals surface area contributed by atoms with Crippen LogP contribution in [-0.2, 0) is 4.74 Å². The van der Waals surface area contributed by atoms with Gasteiger partial charge in [0.05, 0.1) is 44.4 Å². The summed E-state index contributed by atoms with van der Waals surface area (Å²) in [4.78, 5) is 31.2. The summed E-state index contributed by atoms with van der Waals surface area (Å²) >= 11 is 0. The van der Waals surface area contributed by atoms with E-state index in [2.05, 4.69) is 4.90 Å². The summed E-state index contributed by atoms with van der Waals surface area (Å²) in [6.45, 7) is 4.62. The molecule has 2 aliphatic heterocycles. The van der Waals surface area contributed by atoms with Crippen molar-refractivity contribution in [2.45, 2.75) is 12.5 Å². The Bertz CT molecular complexity index is 1250. The Hall–Kier alpha value is -3.36. The second-order valence-corrected chi connectivity index (χ2v) is 8.52. The number of hydrogen-bond acceptors (Lipinski definition) is 7. The average molecular weight is 465 g/mol. The van der Waals surface area contributed by atoms with Gasteiger partial charge in [-0.2, -0.15) is 0 Å². The topological polar surface area (TPSA) is 81.5 Å². The summed E-state index contributed by atoms with van der Waals surface area (Å²) in [5, 5.41) is 0.432. The molecule has 1 fully saturated rings.